The van der Waals surface area contributed by atoms with E-state index in [1.165, 1.54) is 6.92 Å². The third-order valence-corrected chi connectivity index (χ3v) is 3.69. The molecular weight excluding hydrogens is 296 g/mol. The number of nitrogens with zero attached hydrogens (tertiary/aromatic N) is 5. The van der Waals surface area contributed by atoms with Crippen LogP contribution in [0.25, 0.3) is 0 Å². The molecule has 1 amide bonds. The third-order valence-electron chi connectivity index (χ3n) is 3.69. The van der Waals surface area contributed by atoms with Gasteiger partial charge >= 0.3 is 0 Å². The first kappa shape index (κ1) is 15.3. The van der Waals surface area contributed by atoms with Gasteiger partial charge in [0, 0.05) is 38.3 Å². The Labute approximate surface area is 134 Å². The molecule has 122 valence electrons. The van der Waals surface area contributed by atoms with Crippen LogP contribution in [-0.2, 0) is 4.79 Å². The molecule has 1 atom stereocenters. The fourth-order valence-electron chi connectivity index (χ4n) is 2.66. The van der Waals surface area contributed by atoms with Crippen molar-refractivity contribution in [2.45, 2.75) is 26.3 Å². The number of aromatic nitrogens is 4. The lowest BCUT2D eigenvalue weighted by atomic mass is 10.3. The normalized spacial score (nSPS) is 17.3. The van der Waals surface area contributed by atoms with Crippen LogP contribution in [0.2, 0.25) is 0 Å². The lowest BCUT2D eigenvalue weighted by molar-refractivity contribution is -0.114. The molecule has 8 nitrogen and oxygen atoms in total. The standard InChI is InChI=1S/C15H20N6O2/c1-3-23-15-5-4-14(17-18-15)20-8-6-12(10-20)21-9-7-13(19-21)16-11(2)22/h4-5,7,9,12H,3,6,8,10H2,1-2H3,(H,16,19,22)/t12-/m1/s1. The van der Waals surface area contributed by atoms with E-state index >= 15 is 0 Å². The van der Waals surface area contributed by atoms with Crippen LogP contribution in [-0.4, -0.2) is 45.6 Å². The maximum absolute atomic E-state index is 11.1. The van der Waals surface area contributed by atoms with Gasteiger partial charge in [-0.3, -0.25) is 9.48 Å². The molecule has 3 rings (SSSR count). The first-order chi connectivity index (χ1) is 11.2. The highest BCUT2D eigenvalue weighted by Crippen LogP contribution is 2.26. The van der Waals surface area contributed by atoms with Crippen molar-refractivity contribution in [3.05, 3.63) is 24.4 Å². The number of amides is 1. The molecule has 2 aromatic rings. The van der Waals surface area contributed by atoms with Crippen LogP contribution < -0.4 is 15.0 Å². The van der Waals surface area contributed by atoms with Gasteiger partial charge < -0.3 is 15.0 Å². The van der Waals surface area contributed by atoms with E-state index in [-0.39, 0.29) is 11.9 Å². The van der Waals surface area contributed by atoms with Crippen LogP contribution in [0, 0.1) is 0 Å². The van der Waals surface area contributed by atoms with Crippen molar-refractivity contribution in [3.8, 4) is 5.88 Å². The molecule has 23 heavy (non-hydrogen) atoms. The summed E-state index contributed by atoms with van der Waals surface area (Å²) in [6.45, 7) is 5.67. The molecule has 0 bridgehead atoms. The maximum atomic E-state index is 11.1. The molecule has 0 spiro atoms. The first-order valence-corrected chi connectivity index (χ1v) is 7.70. The SMILES string of the molecule is CCOc1ccc(N2CC[C@@H](n3ccc(NC(C)=O)n3)C2)nn1. The van der Waals surface area contributed by atoms with Crippen LogP contribution >= 0.6 is 0 Å². The van der Waals surface area contributed by atoms with E-state index in [2.05, 4.69) is 25.5 Å². The van der Waals surface area contributed by atoms with E-state index in [1.807, 2.05) is 29.9 Å². The van der Waals surface area contributed by atoms with Crippen LogP contribution in [0.4, 0.5) is 11.6 Å². The van der Waals surface area contributed by atoms with Gasteiger partial charge in [0.1, 0.15) is 0 Å². The smallest absolute Gasteiger partial charge is 0.233 e. The first-order valence-electron chi connectivity index (χ1n) is 7.70. The number of carbonyl (C=O) groups excluding carboxylic acids is 1. The molecule has 0 radical (unpaired) electrons. The zero-order valence-corrected chi connectivity index (χ0v) is 13.3. The summed E-state index contributed by atoms with van der Waals surface area (Å²) in [4.78, 5) is 13.2. The van der Waals surface area contributed by atoms with Crippen molar-refractivity contribution in [3.63, 3.8) is 0 Å². The van der Waals surface area contributed by atoms with Crippen molar-refractivity contribution in [1.29, 1.82) is 0 Å². The summed E-state index contributed by atoms with van der Waals surface area (Å²) in [5, 5.41) is 15.4. The van der Waals surface area contributed by atoms with Gasteiger partial charge in [-0.15, -0.1) is 10.2 Å². The van der Waals surface area contributed by atoms with Crippen molar-refractivity contribution >= 4 is 17.5 Å². The number of rotatable bonds is 5. The second-order valence-electron chi connectivity index (χ2n) is 5.41. The molecular formula is C15H20N6O2. The van der Waals surface area contributed by atoms with E-state index < -0.39 is 0 Å². The van der Waals surface area contributed by atoms with E-state index in [9.17, 15) is 4.79 Å². The summed E-state index contributed by atoms with van der Waals surface area (Å²) >= 11 is 0. The van der Waals surface area contributed by atoms with Gasteiger partial charge in [0.15, 0.2) is 11.6 Å². The van der Waals surface area contributed by atoms with Gasteiger partial charge in [-0.1, -0.05) is 0 Å². The Hall–Kier alpha value is -2.64. The number of hydrogen-bond donors (Lipinski definition) is 1. The molecule has 8 heteroatoms. The van der Waals surface area contributed by atoms with Crippen molar-refractivity contribution in [2.24, 2.45) is 0 Å². The van der Waals surface area contributed by atoms with Crippen molar-refractivity contribution < 1.29 is 9.53 Å². The van der Waals surface area contributed by atoms with Gasteiger partial charge in [-0.2, -0.15) is 5.10 Å². The lowest BCUT2D eigenvalue weighted by Crippen LogP contribution is -2.22. The molecule has 0 aromatic carbocycles. The van der Waals surface area contributed by atoms with Gasteiger partial charge in [0.2, 0.25) is 11.8 Å². The van der Waals surface area contributed by atoms with Gasteiger partial charge in [0.25, 0.3) is 0 Å². The number of ether oxygens (including phenoxy) is 1. The molecule has 3 heterocycles. The minimum atomic E-state index is -0.118. The highest BCUT2D eigenvalue weighted by Gasteiger charge is 2.25. The van der Waals surface area contributed by atoms with Crippen LogP contribution in [0.15, 0.2) is 24.4 Å². The summed E-state index contributed by atoms with van der Waals surface area (Å²) in [5.74, 6) is 1.84. The number of anilines is 2. The summed E-state index contributed by atoms with van der Waals surface area (Å²) in [7, 11) is 0. The Morgan fingerprint density at radius 2 is 2.26 bits per heavy atom. The number of carbonyl (C=O) groups is 1. The Morgan fingerprint density at radius 3 is 2.96 bits per heavy atom. The Morgan fingerprint density at radius 1 is 1.39 bits per heavy atom. The highest BCUT2D eigenvalue weighted by atomic mass is 16.5. The second-order valence-corrected chi connectivity index (χ2v) is 5.41. The molecule has 0 saturated carbocycles. The highest BCUT2D eigenvalue weighted by molar-refractivity contribution is 5.87. The molecule has 2 aromatic heterocycles. The Kier molecular flexibility index (Phi) is 4.40. The molecule has 1 aliphatic heterocycles. The molecule has 1 saturated heterocycles. The van der Waals surface area contributed by atoms with E-state index in [0.717, 1.165) is 25.3 Å². The minimum absolute atomic E-state index is 0.118. The van der Waals surface area contributed by atoms with Gasteiger partial charge in [0.05, 0.1) is 12.6 Å². The number of hydrogen-bond acceptors (Lipinski definition) is 6. The summed E-state index contributed by atoms with van der Waals surface area (Å²) < 4.78 is 7.20. The van der Waals surface area contributed by atoms with E-state index in [4.69, 9.17) is 4.74 Å². The predicted molar refractivity (Wildman–Crippen MR) is 85.6 cm³/mol. The average molecular weight is 316 g/mol. The third kappa shape index (κ3) is 3.58. The molecule has 1 N–H and O–H groups in total. The lowest BCUT2D eigenvalue weighted by Gasteiger charge is -2.17. The van der Waals surface area contributed by atoms with Crippen molar-refractivity contribution in [2.75, 3.05) is 29.9 Å². The maximum Gasteiger partial charge on any atom is 0.233 e. The van der Waals surface area contributed by atoms with Crippen LogP contribution in [0.3, 0.4) is 0 Å². The summed E-state index contributed by atoms with van der Waals surface area (Å²) in [5.41, 5.74) is 0. The topological polar surface area (TPSA) is 85.2 Å². The van der Waals surface area contributed by atoms with Gasteiger partial charge in [-0.05, 0) is 19.4 Å². The fraction of sp³-hybridized carbons (Fsp3) is 0.467. The molecule has 1 fully saturated rings. The number of nitrogens with one attached hydrogen (secondary N) is 1. The summed E-state index contributed by atoms with van der Waals surface area (Å²) in [6, 6.07) is 5.82. The largest absolute Gasteiger partial charge is 0.477 e. The molecule has 0 unspecified atom stereocenters. The monoisotopic (exact) mass is 316 g/mol. The van der Waals surface area contributed by atoms with E-state index in [1.54, 1.807) is 6.07 Å². The average Bonchev–Trinajstić information content (AvgIpc) is 3.17. The van der Waals surface area contributed by atoms with E-state index in [0.29, 0.717) is 18.3 Å². The van der Waals surface area contributed by atoms with Crippen LogP contribution in [0.5, 0.6) is 5.88 Å². The summed E-state index contributed by atoms with van der Waals surface area (Å²) in [6.07, 6.45) is 2.86. The van der Waals surface area contributed by atoms with Crippen LogP contribution in [0.1, 0.15) is 26.3 Å². The Bertz CT molecular complexity index is 669. The zero-order chi connectivity index (χ0) is 16.2. The second kappa shape index (κ2) is 6.64. The van der Waals surface area contributed by atoms with Crippen molar-refractivity contribution in [1.82, 2.24) is 20.0 Å². The fourth-order valence-corrected chi connectivity index (χ4v) is 2.66. The quantitative estimate of drug-likeness (QED) is 0.899. The molecule has 0 aliphatic carbocycles. The minimum Gasteiger partial charge on any atom is -0.477 e. The predicted octanol–water partition coefficient (Wildman–Crippen LogP) is 1.48. The Balaban J connectivity index is 1.63. The zero-order valence-electron chi connectivity index (χ0n) is 13.3. The molecule has 1 aliphatic rings. The van der Waals surface area contributed by atoms with Gasteiger partial charge in [-0.25, -0.2) is 0 Å².